The molecule has 0 saturated carbocycles. The number of rotatable bonds is 5. The third kappa shape index (κ3) is 7.39. The number of halogens is 3. The van der Waals surface area contributed by atoms with E-state index >= 15 is 0 Å². The minimum atomic E-state index is -4.58. The second-order valence-corrected chi connectivity index (χ2v) is 10.2. The highest BCUT2D eigenvalue weighted by Gasteiger charge is 2.32. The van der Waals surface area contributed by atoms with Gasteiger partial charge in [0, 0.05) is 44.8 Å². The number of benzene rings is 1. The first-order chi connectivity index (χ1) is 16.7. The van der Waals surface area contributed by atoms with Crippen molar-refractivity contribution in [1.82, 2.24) is 15.5 Å². The lowest BCUT2D eigenvalue weighted by Gasteiger charge is -2.37. The molecule has 2 heterocycles. The van der Waals surface area contributed by atoms with Crippen LogP contribution in [0.2, 0.25) is 0 Å². The number of hydrogen-bond acceptors (Lipinski definition) is 7. The lowest BCUT2D eigenvalue weighted by atomic mass is 10.1. The summed E-state index contributed by atoms with van der Waals surface area (Å²) in [5, 5.41) is 4.03. The molecule has 196 valence electrons. The third-order valence-corrected chi connectivity index (χ3v) is 6.07. The van der Waals surface area contributed by atoms with Crippen LogP contribution in [0.5, 0.6) is 0 Å². The van der Waals surface area contributed by atoms with Crippen molar-refractivity contribution in [2.75, 3.05) is 37.6 Å². The Kier molecular flexibility index (Phi) is 8.22. The number of piperazine rings is 1. The first-order valence-electron chi connectivity index (χ1n) is 11.2. The van der Waals surface area contributed by atoms with E-state index in [1.165, 1.54) is 12.1 Å². The van der Waals surface area contributed by atoms with Crippen LogP contribution in [0.25, 0.3) is 6.08 Å². The summed E-state index contributed by atoms with van der Waals surface area (Å²) in [7, 11) is 0. The Hall–Kier alpha value is -3.22. The summed E-state index contributed by atoms with van der Waals surface area (Å²) in [6.07, 6.45) is -3.84. The number of ether oxygens (including phenoxy) is 1. The van der Waals surface area contributed by atoms with Crippen LogP contribution in [0.1, 0.15) is 38.3 Å². The number of nitrogens with zero attached hydrogens (tertiary/aromatic N) is 2. The molecule has 2 aliphatic heterocycles. The number of amides is 4. The Morgan fingerprint density at radius 1 is 1.14 bits per heavy atom. The third-order valence-electron chi connectivity index (χ3n) is 5.26. The second-order valence-electron chi connectivity index (χ2n) is 9.17. The predicted octanol–water partition coefficient (Wildman–Crippen LogP) is 3.59. The van der Waals surface area contributed by atoms with Gasteiger partial charge in [0.1, 0.15) is 5.60 Å². The quantitative estimate of drug-likeness (QED) is 0.563. The normalized spacial score (nSPS) is 17.9. The fourth-order valence-corrected chi connectivity index (χ4v) is 4.31. The molecule has 1 aromatic rings. The van der Waals surface area contributed by atoms with Gasteiger partial charge in [0.2, 0.25) is 5.91 Å². The number of thioether (sulfide) groups is 1. The van der Waals surface area contributed by atoms with Gasteiger partial charge in [-0.2, -0.15) is 13.2 Å². The van der Waals surface area contributed by atoms with Gasteiger partial charge in [0.25, 0.3) is 11.1 Å². The number of anilines is 1. The van der Waals surface area contributed by atoms with Crippen LogP contribution in [0.15, 0.2) is 23.1 Å². The minimum Gasteiger partial charge on any atom is -0.444 e. The number of alkyl carbamates (subject to hydrolysis) is 1. The molecule has 1 aromatic carbocycles. The van der Waals surface area contributed by atoms with Crippen LogP contribution in [-0.4, -0.2) is 66.4 Å². The number of hydrogen-bond donors (Lipinski definition) is 2. The molecule has 2 aliphatic rings. The fourth-order valence-electron chi connectivity index (χ4n) is 3.64. The molecule has 0 bridgehead atoms. The van der Waals surface area contributed by atoms with E-state index in [2.05, 4.69) is 10.6 Å². The molecule has 4 amide bonds. The summed E-state index contributed by atoms with van der Waals surface area (Å²) in [6.45, 7) is 6.68. The Morgan fingerprint density at radius 2 is 1.81 bits per heavy atom. The van der Waals surface area contributed by atoms with Gasteiger partial charge in [-0.3, -0.25) is 19.7 Å². The summed E-state index contributed by atoms with van der Waals surface area (Å²) in [5.74, 6) is -0.832. The van der Waals surface area contributed by atoms with E-state index in [4.69, 9.17) is 4.74 Å². The zero-order chi connectivity index (χ0) is 26.7. The van der Waals surface area contributed by atoms with Crippen molar-refractivity contribution in [2.24, 2.45) is 0 Å². The lowest BCUT2D eigenvalue weighted by molar-refractivity contribution is -0.137. The molecule has 0 aliphatic carbocycles. The van der Waals surface area contributed by atoms with Crippen LogP contribution in [-0.2, 0) is 20.5 Å². The maximum Gasteiger partial charge on any atom is 0.416 e. The van der Waals surface area contributed by atoms with Crippen molar-refractivity contribution in [2.45, 2.75) is 39.0 Å². The van der Waals surface area contributed by atoms with E-state index in [1.807, 2.05) is 4.90 Å². The van der Waals surface area contributed by atoms with E-state index in [0.717, 1.165) is 12.1 Å². The van der Waals surface area contributed by atoms with Crippen LogP contribution >= 0.6 is 11.8 Å². The SMILES string of the molecule is CC(C)(C)OC(=O)NCCC(=O)N1CCN(c2ccc(C(F)(F)F)cc2C=C2SC(=O)NC2=O)CC1. The number of carbonyl (C=O) groups is 4. The molecule has 9 nitrogen and oxygen atoms in total. The van der Waals surface area contributed by atoms with Gasteiger partial charge in [-0.25, -0.2) is 4.79 Å². The van der Waals surface area contributed by atoms with Crippen molar-refractivity contribution >= 4 is 46.7 Å². The summed E-state index contributed by atoms with van der Waals surface area (Å²) < 4.78 is 45.1. The van der Waals surface area contributed by atoms with E-state index in [9.17, 15) is 32.3 Å². The van der Waals surface area contributed by atoms with Gasteiger partial charge in [-0.15, -0.1) is 0 Å². The molecule has 36 heavy (non-hydrogen) atoms. The maximum absolute atomic E-state index is 13.3. The van der Waals surface area contributed by atoms with Gasteiger partial charge in [-0.1, -0.05) is 0 Å². The summed E-state index contributed by atoms with van der Waals surface area (Å²) in [4.78, 5) is 51.1. The zero-order valence-corrected chi connectivity index (χ0v) is 20.8. The number of nitrogens with one attached hydrogen (secondary N) is 2. The summed E-state index contributed by atoms with van der Waals surface area (Å²) >= 11 is 0.624. The first-order valence-corrected chi connectivity index (χ1v) is 12.0. The summed E-state index contributed by atoms with van der Waals surface area (Å²) in [6, 6.07) is 3.24. The van der Waals surface area contributed by atoms with Crippen LogP contribution in [0, 0.1) is 0 Å². The fraction of sp³-hybridized carbons (Fsp3) is 0.478. The highest BCUT2D eigenvalue weighted by molar-refractivity contribution is 8.18. The minimum absolute atomic E-state index is 0.00637. The van der Waals surface area contributed by atoms with Crippen molar-refractivity contribution in [1.29, 1.82) is 0 Å². The molecule has 2 saturated heterocycles. The van der Waals surface area contributed by atoms with E-state index in [0.29, 0.717) is 43.6 Å². The van der Waals surface area contributed by atoms with Gasteiger partial charge < -0.3 is 19.9 Å². The monoisotopic (exact) mass is 528 g/mol. The lowest BCUT2D eigenvalue weighted by Crippen LogP contribution is -2.49. The molecule has 0 aromatic heterocycles. The highest BCUT2D eigenvalue weighted by Crippen LogP contribution is 2.36. The van der Waals surface area contributed by atoms with Crippen molar-refractivity contribution in [3.05, 3.63) is 34.2 Å². The van der Waals surface area contributed by atoms with Gasteiger partial charge in [0.15, 0.2) is 0 Å². The first kappa shape index (κ1) is 27.4. The number of alkyl halides is 3. The summed E-state index contributed by atoms with van der Waals surface area (Å²) in [5.41, 5.74) is -0.910. The topological polar surface area (TPSA) is 108 Å². The molecule has 0 unspecified atom stereocenters. The van der Waals surface area contributed by atoms with Crippen LogP contribution < -0.4 is 15.5 Å². The molecule has 2 fully saturated rings. The molecule has 0 radical (unpaired) electrons. The van der Waals surface area contributed by atoms with E-state index < -0.39 is 34.6 Å². The molecule has 3 rings (SSSR count). The molecule has 13 heteroatoms. The van der Waals surface area contributed by atoms with Crippen molar-refractivity contribution in [3.8, 4) is 0 Å². The molecular formula is C23H27F3N4O5S. The van der Waals surface area contributed by atoms with Gasteiger partial charge in [-0.05, 0) is 62.4 Å². The van der Waals surface area contributed by atoms with Crippen molar-refractivity contribution < 1.29 is 37.1 Å². The Labute approximate surface area is 210 Å². The van der Waals surface area contributed by atoms with Crippen LogP contribution in [0.4, 0.5) is 28.4 Å². The number of imide groups is 1. The van der Waals surface area contributed by atoms with E-state index in [-0.39, 0.29) is 29.3 Å². The molecular weight excluding hydrogens is 501 g/mol. The molecule has 0 spiro atoms. The number of carbonyl (C=O) groups excluding carboxylic acids is 4. The molecule has 0 atom stereocenters. The average molecular weight is 529 g/mol. The Bertz CT molecular complexity index is 1080. The van der Waals surface area contributed by atoms with Crippen molar-refractivity contribution in [3.63, 3.8) is 0 Å². The zero-order valence-electron chi connectivity index (χ0n) is 20.0. The smallest absolute Gasteiger partial charge is 0.416 e. The van der Waals surface area contributed by atoms with Crippen LogP contribution in [0.3, 0.4) is 0 Å². The van der Waals surface area contributed by atoms with E-state index in [1.54, 1.807) is 25.7 Å². The standard InChI is InChI=1S/C23H27F3N4O5S/c1-22(2,3)35-20(33)27-7-6-18(31)30-10-8-29(9-11-30)16-5-4-15(23(24,25)26)12-14(16)13-17-19(32)28-21(34)36-17/h4-5,12-13H,6-11H2,1-3H3,(H,27,33)(H,28,32,34). The van der Waals surface area contributed by atoms with Gasteiger partial charge >= 0.3 is 12.3 Å². The maximum atomic E-state index is 13.3. The largest absolute Gasteiger partial charge is 0.444 e. The Balaban J connectivity index is 1.65. The second kappa shape index (κ2) is 10.8. The average Bonchev–Trinajstić information content (AvgIpc) is 3.08. The molecule has 2 N–H and O–H groups in total. The Morgan fingerprint density at radius 3 is 2.36 bits per heavy atom. The highest BCUT2D eigenvalue weighted by atomic mass is 32.2. The van der Waals surface area contributed by atoms with Gasteiger partial charge in [0.05, 0.1) is 10.5 Å². The predicted molar refractivity (Wildman–Crippen MR) is 128 cm³/mol.